The number of methoxy groups -OCH3 is 2. The first-order chi connectivity index (χ1) is 13.8. The van der Waals surface area contributed by atoms with E-state index in [1.807, 2.05) is 6.07 Å². The van der Waals surface area contributed by atoms with Crippen molar-refractivity contribution in [2.45, 2.75) is 13.5 Å². The number of amides is 2. The van der Waals surface area contributed by atoms with E-state index in [1.54, 1.807) is 26.2 Å². The SMILES string of the molecule is COc1ccc(CNC(=O)c2ccc(N3C(=O)C(C)CS3(=O)=O)cc2)cc1OC. The Morgan fingerprint density at radius 3 is 2.31 bits per heavy atom. The van der Waals surface area contributed by atoms with E-state index in [-0.39, 0.29) is 23.9 Å². The van der Waals surface area contributed by atoms with Gasteiger partial charge in [-0.05, 0) is 42.0 Å². The van der Waals surface area contributed by atoms with Crippen LogP contribution in [0.2, 0.25) is 0 Å². The van der Waals surface area contributed by atoms with Gasteiger partial charge in [-0.3, -0.25) is 9.59 Å². The lowest BCUT2D eigenvalue weighted by Gasteiger charge is -2.15. The molecular weight excluding hydrogens is 396 g/mol. The second-order valence-corrected chi connectivity index (χ2v) is 8.56. The van der Waals surface area contributed by atoms with E-state index in [4.69, 9.17) is 9.47 Å². The van der Waals surface area contributed by atoms with Gasteiger partial charge in [0, 0.05) is 12.1 Å². The maximum atomic E-state index is 12.4. The topological polar surface area (TPSA) is 102 Å². The zero-order chi connectivity index (χ0) is 21.2. The molecule has 3 rings (SSSR count). The Kier molecular flexibility index (Phi) is 5.78. The predicted molar refractivity (Wildman–Crippen MR) is 108 cm³/mol. The third kappa shape index (κ3) is 4.19. The molecule has 1 heterocycles. The molecule has 0 radical (unpaired) electrons. The van der Waals surface area contributed by atoms with Crippen molar-refractivity contribution in [3.63, 3.8) is 0 Å². The molecule has 154 valence electrons. The number of hydrogen-bond acceptors (Lipinski definition) is 6. The molecule has 0 bridgehead atoms. The van der Waals surface area contributed by atoms with Crippen molar-refractivity contribution in [2.75, 3.05) is 24.3 Å². The van der Waals surface area contributed by atoms with Gasteiger partial charge in [0.05, 0.1) is 31.6 Å². The maximum absolute atomic E-state index is 12.4. The van der Waals surface area contributed by atoms with E-state index < -0.39 is 21.8 Å². The van der Waals surface area contributed by atoms with E-state index in [1.165, 1.54) is 31.4 Å². The molecule has 8 nitrogen and oxygen atoms in total. The Morgan fingerprint density at radius 2 is 1.76 bits per heavy atom. The second kappa shape index (κ2) is 8.12. The Hall–Kier alpha value is -3.07. The molecule has 1 aliphatic rings. The van der Waals surface area contributed by atoms with Crippen LogP contribution < -0.4 is 19.1 Å². The highest BCUT2D eigenvalue weighted by molar-refractivity contribution is 7.94. The zero-order valence-electron chi connectivity index (χ0n) is 16.3. The molecule has 1 N–H and O–H groups in total. The lowest BCUT2D eigenvalue weighted by Crippen LogP contribution is -2.30. The Bertz CT molecular complexity index is 1030. The number of carbonyl (C=O) groups is 2. The van der Waals surface area contributed by atoms with Crippen molar-refractivity contribution in [2.24, 2.45) is 5.92 Å². The third-order valence-electron chi connectivity index (χ3n) is 4.63. The van der Waals surface area contributed by atoms with E-state index in [2.05, 4.69) is 5.32 Å². The van der Waals surface area contributed by atoms with Crippen molar-refractivity contribution in [3.8, 4) is 11.5 Å². The summed E-state index contributed by atoms with van der Waals surface area (Å²) >= 11 is 0. The first kappa shape index (κ1) is 20.7. The van der Waals surface area contributed by atoms with Gasteiger partial charge in [-0.1, -0.05) is 13.0 Å². The number of benzene rings is 2. The third-order valence-corrected chi connectivity index (χ3v) is 6.49. The number of sulfonamides is 1. The molecule has 1 aliphatic heterocycles. The summed E-state index contributed by atoms with van der Waals surface area (Å²) in [5, 5.41) is 2.79. The van der Waals surface area contributed by atoms with Crippen molar-refractivity contribution >= 4 is 27.5 Å². The highest BCUT2D eigenvalue weighted by atomic mass is 32.2. The summed E-state index contributed by atoms with van der Waals surface area (Å²) in [6.45, 7) is 1.85. The van der Waals surface area contributed by atoms with Gasteiger partial charge in [0.25, 0.3) is 5.91 Å². The van der Waals surface area contributed by atoms with Gasteiger partial charge in [-0.2, -0.15) is 0 Å². The van der Waals surface area contributed by atoms with Gasteiger partial charge >= 0.3 is 0 Å². The molecule has 29 heavy (non-hydrogen) atoms. The summed E-state index contributed by atoms with van der Waals surface area (Å²) in [5.41, 5.74) is 1.41. The Labute approximate surface area is 169 Å². The monoisotopic (exact) mass is 418 g/mol. The summed E-state index contributed by atoms with van der Waals surface area (Å²) in [4.78, 5) is 24.6. The molecule has 1 unspecified atom stereocenters. The second-order valence-electron chi connectivity index (χ2n) is 6.70. The van der Waals surface area contributed by atoms with Crippen molar-refractivity contribution in [1.29, 1.82) is 0 Å². The smallest absolute Gasteiger partial charge is 0.251 e. The molecule has 9 heteroatoms. The molecule has 2 aromatic carbocycles. The Balaban J connectivity index is 1.69. The summed E-state index contributed by atoms with van der Waals surface area (Å²) in [7, 11) is -0.587. The highest BCUT2D eigenvalue weighted by Crippen LogP contribution is 2.29. The number of ether oxygens (including phenoxy) is 2. The van der Waals surface area contributed by atoms with Gasteiger partial charge < -0.3 is 14.8 Å². The molecule has 1 fully saturated rings. The maximum Gasteiger partial charge on any atom is 0.251 e. The molecule has 2 amide bonds. The fraction of sp³-hybridized carbons (Fsp3) is 0.300. The van der Waals surface area contributed by atoms with Crippen LogP contribution >= 0.6 is 0 Å². The van der Waals surface area contributed by atoms with Gasteiger partial charge in [-0.15, -0.1) is 0 Å². The quantitative estimate of drug-likeness (QED) is 0.769. The number of nitrogens with zero attached hydrogens (tertiary/aromatic N) is 1. The van der Waals surface area contributed by atoms with Crippen LogP contribution in [0.15, 0.2) is 42.5 Å². The fourth-order valence-corrected chi connectivity index (χ4v) is 4.93. The van der Waals surface area contributed by atoms with Crippen molar-refractivity contribution in [3.05, 3.63) is 53.6 Å². The molecule has 0 spiro atoms. The van der Waals surface area contributed by atoms with Gasteiger partial charge in [0.1, 0.15) is 0 Å². The largest absolute Gasteiger partial charge is 0.493 e. The standard InChI is InChI=1S/C20H22N2O6S/c1-13-12-29(25,26)22(20(13)24)16-7-5-15(6-8-16)19(23)21-11-14-4-9-17(27-2)18(10-14)28-3/h4-10,13H,11-12H2,1-3H3,(H,21,23). The molecule has 1 atom stereocenters. The van der Waals surface area contributed by atoms with Crippen LogP contribution in [0.5, 0.6) is 11.5 Å². The fourth-order valence-electron chi connectivity index (χ4n) is 3.11. The van der Waals surface area contributed by atoms with Crippen LogP contribution in [0, 0.1) is 5.92 Å². The van der Waals surface area contributed by atoms with Crippen LogP contribution in [0.4, 0.5) is 5.69 Å². The number of rotatable bonds is 6. The lowest BCUT2D eigenvalue weighted by atomic mass is 10.1. The van der Waals surface area contributed by atoms with Crippen molar-refractivity contribution in [1.82, 2.24) is 5.32 Å². The number of carbonyl (C=O) groups excluding carboxylic acids is 2. The van der Waals surface area contributed by atoms with E-state index >= 15 is 0 Å². The normalized spacial score (nSPS) is 17.8. The average molecular weight is 418 g/mol. The summed E-state index contributed by atoms with van der Waals surface area (Å²) in [5.74, 6) is -0.414. The van der Waals surface area contributed by atoms with Crippen LogP contribution in [-0.2, 0) is 21.4 Å². The predicted octanol–water partition coefficient (Wildman–Crippen LogP) is 1.95. The molecule has 0 aliphatic carbocycles. The number of hydrogen-bond donors (Lipinski definition) is 1. The first-order valence-electron chi connectivity index (χ1n) is 8.93. The van der Waals surface area contributed by atoms with Crippen LogP contribution in [0.25, 0.3) is 0 Å². The molecule has 1 saturated heterocycles. The zero-order valence-corrected chi connectivity index (χ0v) is 17.2. The summed E-state index contributed by atoms with van der Waals surface area (Å²) < 4.78 is 35.6. The summed E-state index contributed by atoms with van der Waals surface area (Å²) in [6.07, 6.45) is 0. The van der Waals surface area contributed by atoms with E-state index in [9.17, 15) is 18.0 Å². The number of anilines is 1. The van der Waals surface area contributed by atoms with E-state index in [0.717, 1.165) is 9.87 Å². The minimum absolute atomic E-state index is 0.209. The molecule has 2 aromatic rings. The lowest BCUT2D eigenvalue weighted by molar-refractivity contribution is -0.119. The molecule has 0 aromatic heterocycles. The molecule has 0 saturated carbocycles. The van der Waals surface area contributed by atoms with Gasteiger partial charge in [-0.25, -0.2) is 12.7 Å². The van der Waals surface area contributed by atoms with Crippen LogP contribution in [0.1, 0.15) is 22.8 Å². The van der Waals surface area contributed by atoms with Gasteiger partial charge in [0.2, 0.25) is 15.9 Å². The minimum Gasteiger partial charge on any atom is -0.493 e. The minimum atomic E-state index is -3.67. The van der Waals surface area contributed by atoms with Crippen LogP contribution in [0.3, 0.4) is 0 Å². The summed E-state index contributed by atoms with van der Waals surface area (Å²) in [6, 6.07) is 11.2. The van der Waals surface area contributed by atoms with Crippen LogP contribution in [-0.4, -0.2) is 40.2 Å². The highest BCUT2D eigenvalue weighted by Gasteiger charge is 2.41. The Morgan fingerprint density at radius 1 is 1.10 bits per heavy atom. The first-order valence-corrected chi connectivity index (χ1v) is 10.5. The average Bonchev–Trinajstić information content (AvgIpc) is 2.92. The number of nitrogens with one attached hydrogen (secondary N) is 1. The molecular formula is C20H22N2O6S. The van der Waals surface area contributed by atoms with Crippen molar-refractivity contribution < 1.29 is 27.5 Å². The van der Waals surface area contributed by atoms with E-state index in [0.29, 0.717) is 17.1 Å². The van der Waals surface area contributed by atoms with Gasteiger partial charge in [0.15, 0.2) is 11.5 Å².